The molecule has 32 heavy (non-hydrogen) atoms. The smallest absolute Gasteiger partial charge is 0.344 e. The van der Waals surface area contributed by atoms with Crippen molar-refractivity contribution >= 4 is 11.0 Å². The summed E-state index contributed by atoms with van der Waals surface area (Å²) in [5, 5.41) is 11.4. The maximum absolute atomic E-state index is 13.0. The van der Waals surface area contributed by atoms with Gasteiger partial charge >= 0.3 is 5.63 Å². The van der Waals surface area contributed by atoms with Crippen molar-refractivity contribution in [2.24, 2.45) is 0 Å². The lowest BCUT2D eigenvalue weighted by Gasteiger charge is -2.23. The summed E-state index contributed by atoms with van der Waals surface area (Å²) in [6.07, 6.45) is 4.37. The second-order valence-corrected chi connectivity index (χ2v) is 7.98. The van der Waals surface area contributed by atoms with E-state index in [-0.39, 0.29) is 5.75 Å². The van der Waals surface area contributed by atoms with E-state index in [1.165, 1.54) is 0 Å². The molecule has 0 saturated heterocycles. The van der Waals surface area contributed by atoms with Gasteiger partial charge in [-0.3, -0.25) is 4.90 Å². The van der Waals surface area contributed by atoms with Gasteiger partial charge in [-0.1, -0.05) is 26.7 Å². The van der Waals surface area contributed by atoms with Crippen LogP contribution in [0.2, 0.25) is 0 Å². The van der Waals surface area contributed by atoms with Gasteiger partial charge < -0.3 is 19.0 Å². The summed E-state index contributed by atoms with van der Waals surface area (Å²) in [6.45, 7) is 6.76. The van der Waals surface area contributed by atoms with Gasteiger partial charge in [0.25, 0.3) is 0 Å². The highest BCUT2D eigenvalue weighted by Crippen LogP contribution is 2.35. The Hall–Kier alpha value is -2.99. The van der Waals surface area contributed by atoms with E-state index in [2.05, 4.69) is 18.7 Å². The normalized spacial score (nSPS) is 11.3. The molecule has 2 aromatic carbocycles. The topological polar surface area (TPSA) is 72.1 Å². The molecule has 0 aliphatic heterocycles. The highest BCUT2D eigenvalue weighted by molar-refractivity contribution is 5.86. The van der Waals surface area contributed by atoms with Gasteiger partial charge in [-0.05, 0) is 56.3 Å². The molecule has 0 radical (unpaired) electrons. The fraction of sp³-hybridized carbons (Fsp3) is 0.423. The minimum atomic E-state index is -0.471. The summed E-state index contributed by atoms with van der Waals surface area (Å²) in [4.78, 5) is 15.3. The van der Waals surface area contributed by atoms with Crippen molar-refractivity contribution in [3.63, 3.8) is 0 Å². The maximum atomic E-state index is 13.0. The lowest BCUT2D eigenvalue weighted by Crippen LogP contribution is -2.25. The molecule has 0 fully saturated rings. The van der Waals surface area contributed by atoms with Crippen LogP contribution in [0.4, 0.5) is 0 Å². The van der Waals surface area contributed by atoms with Crippen LogP contribution in [0.3, 0.4) is 0 Å². The van der Waals surface area contributed by atoms with E-state index in [9.17, 15) is 9.90 Å². The molecule has 6 nitrogen and oxygen atoms in total. The molecular weight excluding hydrogens is 406 g/mol. The number of ether oxygens (including phenoxy) is 2. The zero-order valence-corrected chi connectivity index (χ0v) is 19.4. The monoisotopic (exact) mass is 439 g/mol. The number of unbranched alkanes of at least 4 members (excludes halogenated alkanes) is 2. The van der Waals surface area contributed by atoms with Crippen LogP contribution in [-0.2, 0) is 6.54 Å². The number of methoxy groups -OCH3 is 2. The molecule has 1 N–H and O–H groups in total. The van der Waals surface area contributed by atoms with E-state index in [4.69, 9.17) is 13.9 Å². The summed E-state index contributed by atoms with van der Waals surface area (Å²) >= 11 is 0. The number of rotatable bonds is 11. The van der Waals surface area contributed by atoms with Crippen LogP contribution in [0.25, 0.3) is 22.1 Å². The third-order valence-corrected chi connectivity index (χ3v) is 5.72. The number of nitrogens with zero attached hydrogens (tertiary/aromatic N) is 1. The molecule has 1 aromatic heterocycles. The number of hydrogen-bond donors (Lipinski definition) is 1. The Morgan fingerprint density at radius 3 is 2.28 bits per heavy atom. The van der Waals surface area contributed by atoms with Crippen molar-refractivity contribution in [3.8, 4) is 28.4 Å². The van der Waals surface area contributed by atoms with Gasteiger partial charge in [-0.15, -0.1) is 0 Å². The lowest BCUT2D eigenvalue weighted by atomic mass is 10.0. The molecule has 0 spiro atoms. The fourth-order valence-electron chi connectivity index (χ4n) is 3.85. The van der Waals surface area contributed by atoms with Crippen LogP contribution in [0.15, 0.2) is 45.6 Å². The second kappa shape index (κ2) is 11.0. The van der Waals surface area contributed by atoms with Gasteiger partial charge in [0.1, 0.15) is 22.8 Å². The molecule has 0 aliphatic carbocycles. The molecule has 172 valence electrons. The van der Waals surface area contributed by atoms with Crippen molar-refractivity contribution in [1.29, 1.82) is 0 Å². The Kier molecular flexibility index (Phi) is 8.17. The predicted molar refractivity (Wildman–Crippen MR) is 128 cm³/mol. The van der Waals surface area contributed by atoms with E-state index in [0.29, 0.717) is 40.3 Å². The Bertz CT molecular complexity index is 1100. The van der Waals surface area contributed by atoms with E-state index >= 15 is 0 Å². The number of benzene rings is 2. The minimum absolute atomic E-state index is 0.147. The molecule has 0 atom stereocenters. The van der Waals surface area contributed by atoms with Crippen molar-refractivity contribution < 1.29 is 19.0 Å². The first kappa shape index (κ1) is 23.7. The van der Waals surface area contributed by atoms with E-state index in [1.807, 2.05) is 0 Å². The maximum Gasteiger partial charge on any atom is 0.344 e. The minimum Gasteiger partial charge on any atom is -0.507 e. The number of fused-ring (bicyclic) bond motifs is 1. The first-order chi connectivity index (χ1) is 15.5. The van der Waals surface area contributed by atoms with Crippen molar-refractivity contribution in [2.45, 2.75) is 46.1 Å². The molecule has 0 bridgehead atoms. The van der Waals surface area contributed by atoms with Crippen molar-refractivity contribution in [3.05, 3.63) is 52.4 Å². The van der Waals surface area contributed by atoms with E-state index < -0.39 is 5.63 Å². The molecule has 0 amide bonds. The molecule has 3 rings (SSSR count). The summed E-state index contributed by atoms with van der Waals surface area (Å²) in [5.41, 5.74) is 1.65. The zero-order chi connectivity index (χ0) is 23.1. The Morgan fingerprint density at radius 2 is 1.66 bits per heavy atom. The predicted octanol–water partition coefficient (Wildman–Crippen LogP) is 5.59. The van der Waals surface area contributed by atoms with Crippen LogP contribution in [0, 0.1) is 0 Å². The van der Waals surface area contributed by atoms with Crippen LogP contribution < -0.4 is 15.1 Å². The SMILES string of the molecule is CCCCN(CCCC)Cc1c(O)ccc2cc(-c3ccc(OC)cc3OC)c(=O)oc12. The van der Waals surface area contributed by atoms with E-state index in [0.717, 1.165) is 44.2 Å². The Labute approximate surface area is 189 Å². The average Bonchev–Trinajstić information content (AvgIpc) is 2.81. The van der Waals surface area contributed by atoms with Gasteiger partial charge in [0, 0.05) is 23.6 Å². The van der Waals surface area contributed by atoms with Crippen LogP contribution in [0.1, 0.15) is 45.1 Å². The van der Waals surface area contributed by atoms with Crippen LogP contribution in [0.5, 0.6) is 17.2 Å². The number of hydrogen-bond acceptors (Lipinski definition) is 6. The summed E-state index contributed by atoms with van der Waals surface area (Å²) in [6, 6.07) is 10.6. The molecule has 6 heteroatoms. The van der Waals surface area contributed by atoms with Gasteiger partial charge in [0.05, 0.1) is 25.3 Å². The van der Waals surface area contributed by atoms with Crippen molar-refractivity contribution in [2.75, 3.05) is 27.3 Å². The number of phenols is 1. The Morgan fingerprint density at radius 1 is 0.938 bits per heavy atom. The standard InChI is InChI=1S/C26H33NO5/c1-5-7-13-27(14-8-6-2)17-22-23(28)12-9-18-15-21(26(29)32-25(18)22)20-11-10-19(30-3)16-24(20)31-4/h9-12,15-16,28H,5-8,13-14,17H2,1-4H3. The third-order valence-electron chi connectivity index (χ3n) is 5.72. The first-order valence-corrected chi connectivity index (χ1v) is 11.3. The third kappa shape index (κ3) is 5.25. The summed E-state index contributed by atoms with van der Waals surface area (Å²) in [5.74, 6) is 1.32. The zero-order valence-electron chi connectivity index (χ0n) is 19.4. The van der Waals surface area contributed by atoms with Gasteiger partial charge in [-0.25, -0.2) is 4.79 Å². The van der Waals surface area contributed by atoms with Crippen LogP contribution >= 0.6 is 0 Å². The molecule has 3 aromatic rings. The van der Waals surface area contributed by atoms with Gasteiger partial charge in [0.2, 0.25) is 0 Å². The highest BCUT2D eigenvalue weighted by atomic mass is 16.5. The molecular formula is C26H33NO5. The largest absolute Gasteiger partial charge is 0.507 e. The molecule has 0 unspecified atom stereocenters. The Balaban J connectivity index is 2.06. The number of phenolic OH excluding ortho intramolecular Hbond substituents is 1. The summed E-state index contributed by atoms with van der Waals surface area (Å²) < 4.78 is 16.5. The second-order valence-electron chi connectivity index (χ2n) is 7.98. The van der Waals surface area contributed by atoms with Gasteiger partial charge in [0.15, 0.2) is 0 Å². The molecule has 0 aliphatic rings. The average molecular weight is 440 g/mol. The highest BCUT2D eigenvalue weighted by Gasteiger charge is 2.18. The first-order valence-electron chi connectivity index (χ1n) is 11.3. The molecule has 0 saturated carbocycles. The lowest BCUT2D eigenvalue weighted by molar-refractivity contribution is 0.253. The fourth-order valence-corrected chi connectivity index (χ4v) is 3.85. The summed E-state index contributed by atoms with van der Waals surface area (Å²) in [7, 11) is 3.13. The molecule has 1 heterocycles. The number of aromatic hydroxyl groups is 1. The van der Waals surface area contributed by atoms with E-state index in [1.54, 1.807) is 50.6 Å². The van der Waals surface area contributed by atoms with Crippen molar-refractivity contribution in [1.82, 2.24) is 4.90 Å². The van der Waals surface area contributed by atoms with Gasteiger partial charge in [-0.2, -0.15) is 0 Å². The quantitative estimate of drug-likeness (QED) is 0.393. The van der Waals surface area contributed by atoms with Crippen LogP contribution in [-0.4, -0.2) is 37.3 Å².